The van der Waals surface area contributed by atoms with Gasteiger partial charge in [0.2, 0.25) is 0 Å². The predicted molar refractivity (Wildman–Crippen MR) is 72.4 cm³/mol. The first-order valence-electron chi connectivity index (χ1n) is 5.95. The number of carbonyl (C=O) groups is 1. The molecule has 0 aromatic carbocycles. The van der Waals surface area contributed by atoms with Crippen molar-refractivity contribution in [1.29, 1.82) is 0 Å². The fourth-order valence-corrected chi connectivity index (χ4v) is 2.03. The predicted octanol–water partition coefficient (Wildman–Crippen LogP) is 1.99. The van der Waals surface area contributed by atoms with Gasteiger partial charge in [0.05, 0.1) is 18.2 Å². The number of aromatic carboxylic acids is 1. The van der Waals surface area contributed by atoms with Crippen LogP contribution in [-0.2, 0) is 4.74 Å². The standard InChI is InChI=1S/C14H16N2O3/c1-10-7-11(14(17)18)8-15-13(10)16-6-4-3-5-12(16)9-19-2/h3-8,12H,9H2,1-2H3,(H,17,18). The van der Waals surface area contributed by atoms with Crippen molar-refractivity contribution >= 4 is 11.8 Å². The Morgan fingerprint density at radius 3 is 2.95 bits per heavy atom. The molecular weight excluding hydrogens is 244 g/mol. The fourth-order valence-electron chi connectivity index (χ4n) is 2.03. The van der Waals surface area contributed by atoms with Crippen molar-refractivity contribution in [2.75, 3.05) is 18.6 Å². The zero-order valence-corrected chi connectivity index (χ0v) is 10.9. The topological polar surface area (TPSA) is 62.7 Å². The van der Waals surface area contributed by atoms with Gasteiger partial charge in [-0.1, -0.05) is 12.2 Å². The van der Waals surface area contributed by atoms with Gasteiger partial charge in [-0.05, 0) is 24.6 Å². The van der Waals surface area contributed by atoms with Gasteiger partial charge in [-0.2, -0.15) is 0 Å². The lowest BCUT2D eigenvalue weighted by Gasteiger charge is -2.30. The lowest BCUT2D eigenvalue weighted by atomic mass is 10.1. The Morgan fingerprint density at radius 2 is 2.32 bits per heavy atom. The van der Waals surface area contributed by atoms with Crippen molar-refractivity contribution in [2.24, 2.45) is 0 Å². The minimum absolute atomic E-state index is 0.0666. The molecule has 0 saturated carbocycles. The Kier molecular flexibility index (Phi) is 3.97. The van der Waals surface area contributed by atoms with E-state index in [-0.39, 0.29) is 11.6 Å². The first kappa shape index (κ1) is 13.3. The zero-order valence-electron chi connectivity index (χ0n) is 10.9. The molecule has 1 aromatic rings. The molecule has 1 aromatic heterocycles. The van der Waals surface area contributed by atoms with E-state index in [1.807, 2.05) is 36.3 Å². The first-order valence-corrected chi connectivity index (χ1v) is 5.95. The molecule has 5 heteroatoms. The van der Waals surface area contributed by atoms with Gasteiger partial charge in [-0.15, -0.1) is 0 Å². The van der Waals surface area contributed by atoms with Gasteiger partial charge >= 0.3 is 5.97 Å². The third kappa shape index (κ3) is 2.82. The number of hydrogen-bond acceptors (Lipinski definition) is 4. The molecular formula is C14H16N2O3. The van der Waals surface area contributed by atoms with Crippen LogP contribution in [0.15, 0.2) is 36.7 Å². The molecule has 1 aliphatic heterocycles. The van der Waals surface area contributed by atoms with Crippen molar-refractivity contribution in [3.8, 4) is 0 Å². The Morgan fingerprint density at radius 1 is 1.53 bits per heavy atom. The van der Waals surface area contributed by atoms with E-state index in [9.17, 15) is 4.79 Å². The second-order valence-corrected chi connectivity index (χ2v) is 4.33. The molecule has 0 radical (unpaired) electrons. The van der Waals surface area contributed by atoms with Gasteiger partial charge in [0.15, 0.2) is 0 Å². The lowest BCUT2D eigenvalue weighted by Crippen LogP contribution is -2.35. The fraction of sp³-hybridized carbons (Fsp3) is 0.286. The van der Waals surface area contributed by atoms with Crippen LogP contribution < -0.4 is 4.90 Å². The highest BCUT2D eigenvalue weighted by atomic mass is 16.5. The normalized spacial score (nSPS) is 17.8. The van der Waals surface area contributed by atoms with Crippen LogP contribution in [0.1, 0.15) is 15.9 Å². The number of anilines is 1. The highest BCUT2D eigenvalue weighted by Gasteiger charge is 2.19. The Bertz CT molecular complexity index is 537. The number of methoxy groups -OCH3 is 1. The number of aromatic nitrogens is 1. The van der Waals surface area contributed by atoms with Crippen LogP contribution in [0.5, 0.6) is 0 Å². The van der Waals surface area contributed by atoms with Crippen LogP contribution in [0.3, 0.4) is 0 Å². The number of carboxylic acids is 1. The number of hydrogen-bond donors (Lipinski definition) is 1. The Balaban J connectivity index is 2.32. The van der Waals surface area contributed by atoms with E-state index in [1.54, 1.807) is 13.2 Å². The van der Waals surface area contributed by atoms with Gasteiger partial charge < -0.3 is 14.7 Å². The number of allylic oxidation sites excluding steroid dienone is 2. The second-order valence-electron chi connectivity index (χ2n) is 4.33. The second kappa shape index (κ2) is 5.67. The molecule has 100 valence electrons. The van der Waals surface area contributed by atoms with Crippen LogP contribution in [0.25, 0.3) is 0 Å². The lowest BCUT2D eigenvalue weighted by molar-refractivity contribution is 0.0696. The van der Waals surface area contributed by atoms with E-state index in [0.717, 1.165) is 11.4 Å². The molecule has 0 bridgehead atoms. The quantitative estimate of drug-likeness (QED) is 0.897. The van der Waals surface area contributed by atoms with Gasteiger partial charge in [0, 0.05) is 19.5 Å². The van der Waals surface area contributed by atoms with E-state index in [4.69, 9.17) is 9.84 Å². The largest absolute Gasteiger partial charge is 0.478 e. The highest BCUT2D eigenvalue weighted by Crippen LogP contribution is 2.23. The third-order valence-electron chi connectivity index (χ3n) is 2.93. The summed E-state index contributed by atoms with van der Waals surface area (Å²) in [7, 11) is 1.65. The number of carboxylic acid groups (broad SMARTS) is 1. The summed E-state index contributed by atoms with van der Waals surface area (Å²) >= 11 is 0. The molecule has 1 unspecified atom stereocenters. The van der Waals surface area contributed by atoms with Crippen molar-refractivity contribution in [3.05, 3.63) is 47.8 Å². The van der Waals surface area contributed by atoms with Gasteiger partial charge in [0.25, 0.3) is 0 Å². The number of aryl methyl sites for hydroxylation is 1. The molecule has 0 saturated heterocycles. The van der Waals surface area contributed by atoms with E-state index in [2.05, 4.69) is 4.98 Å². The Labute approximate surface area is 111 Å². The van der Waals surface area contributed by atoms with Crippen molar-refractivity contribution in [3.63, 3.8) is 0 Å². The van der Waals surface area contributed by atoms with Crippen LogP contribution in [0, 0.1) is 6.92 Å². The molecule has 1 aliphatic rings. The van der Waals surface area contributed by atoms with Gasteiger partial charge in [0.1, 0.15) is 5.82 Å². The molecule has 5 nitrogen and oxygen atoms in total. The number of rotatable bonds is 4. The monoisotopic (exact) mass is 260 g/mol. The maximum atomic E-state index is 10.9. The summed E-state index contributed by atoms with van der Waals surface area (Å²) in [6.07, 6.45) is 9.19. The van der Waals surface area contributed by atoms with E-state index < -0.39 is 5.97 Å². The molecule has 0 fully saturated rings. The van der Waals surface area contributed by atoms with Crippen molar-refractivity contribution in [1.82, 2.24) is 4.98 Å². The molecule has 1 atom stereocenters. The average molecular weight is 260 g/mol. The highest BCUT2D eigenvalue weighted by molar-refractivity contribution is 5.87. The first-order chi connectivity index (χ1) is 9.13. The zero-order chi connectivity index (χ0) is 13.8. The summed E-state index contributed by atoms with van der Waals surface area (Å²) in [6, 6.07) is 1.69. The minimum atomic E-state index is -0.968. The number of pyridine rings is 1. The number of nitrogens with zero attached hydrogens (tertiary/aromatic N) is 2. The van der Waals surface area contributed by atoms with E-state index in [1.165, 1.54) is 6.20 Å². The van der Waals surface area contributed by atoms with Crippen molar-refractivity contribution < 1.29 is 14.6 Å². The van der Waals surface area contributed by atoms with Crippen molar-refractivity contribution in [2.45, 2.75) is 13.0 Å². The third-order valence-corrected chi connectivity index (χ3v) is 2.93. The molecule has 19 heavy (non-hydrogen) atoms. The summed E-state index contributed by atoms with van der Waals surface area (Å²) in [6.45, 7) is 2.40. The molecule has 2 rings (SSSR count). The summed E-state index contributed by atoms with van der Waals surface area (Å²) < 4.78 is 5.19. The van der Waals surface area contributed by atoms with Gasteiger partial charge in [-0.3, -0.25) is 0 Å². The molecule has 2 heterocycles. The summed E-state index contributed by atoms with van der Waals surface area (Å²) in [5, 5.41) is 8.95. The SMILES string of the molecule is COCC1C=CC=CN1c1ncc(C(=O)O)cc1C. The van der Waals surface area contributed by atoms with Gasteiger partial charge in [-0.25, -0.2) is 9.78 Å². The van der Waals surface area contributed by atoms with Crippen LogP contribution in [-0.4, -0.2) is 35.8 Å². The maximum absolute atomic E-state index is 10.9. The van der Waals surface area contributed by atoms with Crippen LogP contribution in [0.2, 0.25) is 0 Å². The molecule has 0 aliphatic carbocycles. The van der Waals surface area contributed by atoms with Crippen LogP contribution in [0.4, 0.5) is 5.82 Å². The maximum Gasteiger partial charge on any atom is 0.337 e. The molecule has 0 spiro atoms. The smallest absolute Gasteiger partial charge is 0.337 e. The number of ether oxygens (including phenoxy) is 1. The summed E-state index contributed by atoms with van der Waals surface area (Å²) in [5.74, 6) is -0.225. The Hall–Kier alpha value is -2.14. The van der Waals surface area contributed by atoms with E-state index in [0.29, 0.717) is 6.61 Å². The molecule has 1 N–H and O–H groups in total. The molecule has 0 amide bonds. The average Bonchev–Trinajstić information content (AvgIpc) is 2.40. The van der Waals surface area contributed by atoms with Crippen LogP contribution >= 0.6 is 0 Å². The van der Waals surface area contributed by atoms with E-state index >= 15 is 0 Å². The minimum Gasteiger partial charge on any atom is -0.478 e. The summed E-state index contributed by atoms with van der Waals surface area (Å²) in [4.78, 5) is 17.1. The summed E-state index contributed by atoms with van der Waals surface area (Å²) in [5.41, 5.74) is 1.02.